The summed E-state index contributed by atoms with van der Waals surface area (Å²) < 4.78 is 5.34. The normalized spacial score (nSPS) is 34.3. The van der Waals surface area contributed by atoms with Crippen molar-refractivity contribution in [2.75, 3.05) is 13.1 Å². The number of nitrogens with zero attached hydrogens (tertiary/aromatic N) is 3. The first-order valence-corrected chi connectivity index (χ1v) is 7.10. The summed E-state index contributed by atoms with van der Waals surface area (Å²) in [5.74, 6) is 3.77. The summed E-state index contributed by atoms with van der Waals surface area (Å²) in [4.78, 5) is 6.93. The largest absolute Gasteiger partial charge is 0.338 e. The monoisotopic (exact) mass is 284 g/mol. The Morgan fingerprint density at radius 2 is 2.05 bits per heavy atom. The SMILES string of the molecule is Cl.NC1CCC2CN(Cc3nc(C4CC4)no3)CC12. The minimum absolute atomic E-state index is 0. The van der Waals surface area contributed by atoms with Crippen molar-refractivity contribution in [1.82, 2.24) is 15.0 Å². The molecule has 1 saturated heterocycles. The van der Waals surface area contributed by atoms with Crippen molar-refractivity contribution in [2.45, 2.75) is 44.2 Å². The second kappa shape index (κ2) is 5.04. The molecule has 1 aromatic heterocycles. The molecule has 2 aliphatic carbocycles. The lowest BCUT2D eigenvalue weighted by atomic mass is 9.98. The molecule has 4 rings (SSSR count). The van der Waals surface area contributed by atoms with Gasteiger partial charge < -0.3 is 10.3 Å². The quantitative estimate of drug-likeness (QED) is 0.912. The minimum Gasteiger partial charge on any atom is -0.338 e. The Hall–Kier alpha value is -0.650. The maximum Gasteiger partial charge on any atom is 0.240 e. The standard InChI is InChI=1S/C13H20N4O.ClH/c14-11-4-3-9-5-17(6-10(9)11)7-12-15-13(16-18-12)8-1-2-8;/h8-11H,1-7,14H2;1H. The molecule has 1 aromatic rings. The van der Waals surface area contributed by atoms with E-state index in [9.17, 15) is 0 Å². The van der Waals surface area contributed by atoms with Crippen molar-refractivity contribution in [3.63, 3.8) is 0 Å². The van der Waals surface area contributed by atoms with Gasteiger partial charge in [0.25, 0.3) is 0 Å². The first kappa shape index (κ1) is 13.3. The second-order valence-corrected chi connectivity index (χ2v) is 6.18. The number of rotatable bonds is 3. The summed E-state index contributed by atoms with van der Waals surface area (Å²) in [6.45, 7) is 3.06. The summed E-state index contributed by atoms with van der Waals surface area (Å²) in [7, 11) is 0. The minimum atomic E-state index is 0. The second-order valence-electron chi connectivity index (χ2n) is 6.18. The van der Waals surface area contributed by atoms with Crippen molar-refractivity contribution in [3.05, 3.63) is 11.7 Å². The summed E-state index contributed by atoms with van der Waals surface area (Å²) in [5, 5.41) is 4.07. The maximum atomic E-state index is 6.15. The first-order valence-electron chi connectivity index (χ1n) is 7.10. The summed E-state index contributed by atoms with van der Waals surface area (Å²) in [6, 6.07) is 0.407. The van der Waals surface area contributed by atoms with Gasteiger partial charge in [-0.1, -0.05) is 5.16 Å². The zero-order valence-corrected chi connectivity index (χ0v) is 11.8. The van der Waals surface area contributed by atoms with Crippen LogP contribution in [0, 0.1) is 11.8 Å². The molecule has 0 spiro atoms. The first-order chi connectivity index (χ1) is 8.79. The molecule has 2 N–H and O–H groups in total. The molecule has 0 radical (unpaired) electrons. The van der Waals surface area contributed by atoms with Gasteiger partial charge in [0.2, 0.25) is 5.89 Å². The van der Waals surface area contributed by atoms with Crippen LogP contribution in [-0.2, 0) is 6.54 Å². The molecule has 0 aromatic carbocycles. The molecule has 3 fully saturated rings. The van der Waals surface area contributed by atoms with E-state index < -0.39 is 0 Å². The number of nitrogens with two attached hydrogens (primary N) is 1. The molecule has 5 nitrogen and oxygen atoms in total. The van der Waals surface area contributed by atoms with Gasteiger partial charge in [-0.3, -0.25) is 4.90 Å². The Labute approximate surface area is 119 Å². The van der Waals surface area contributed by atoms with Crippen LogP contribution in [0.15, 0.2) is 4.52 Å². The summed E-state index contributed by atoms with van der Waals surface area (Å²) >= 11 is 0. The molecule has 2 saturated carbocycles. The Bertz CT molecular complexity index is 448. The van der Waals surface area contributed by atoms with E-state index in [1.54, 1.807) is 0 Å². The topological polar surface area (TPSA) is 68.2 Å². The average Bonchev–Trinajstić information content (AvgIpc) is 2.82. The van der Waals surface area contributed by atoms with Crippen LogP contribution < -0.4 is 5.73 Å². The molecule has 1 aliphatic heterocycles. The van der Waals surface area contributed by atoms with Crippen molar-refractivity contribution in [2.24, 2.45) is 17.6 Å². The van der Waals surface area contributed by atoms with E-state index in [4.69, 9.17) is 10.3 Å². The predicted octanol–water partition coefficient (Wildman–Crippen LogP) is 1.54. The number of fused-ring (bicyclic) bond motifs is 1. The molecule has 19 heavy (non-hydrogen) atoms. The fraction of sp³-hybridized carbons (Fsp3) is 0.846. The van der Waals surface area contributed by atoms with Crippen LogP contribution in [-0.4, -0.2) is 34.2 Å². The lowest BCUT2D eigenvalue weighted by Gasteiger charge is -2.15. The summed E-state index contributed by atoms with van der Waals surface area (Å²) in [6.07, 6.45) is 4.94. The highest BCUT2D eigenvalue weighted by Gasteiger charge is 2.41. The molecule has 0 bridgehead atoms. The molecular weight excluding hydrogens is 264 g/mol. The van der Waals surface area contributed by atoms with Gasteiger partial charge in [0.1, 0.15) is 0 Å². The Balaban J connectivity index is 0.00000110. The molecule has 0 amide bonds. The van der Waals surface area contributed by atoms with E-state index in [0.29, 0.717) is 17.9 Å². The number of aromatic nitrogens is 2. The van der Waals surface area contributed by atoms with Gasteiger partial charge >= 0.3 is 0 Å². The smallest absolute Gasteiger partial charge is 0.240 e. The van der Waals surface area contributed by atoms with Crippen LogP contribution in [0.3, 0.4) is 0 Å². The van der Waals surface area contributed by atoms with Crippen LogP contribution in [0.5, 0.6) is 0 Å². The lowest BCUT2D eigenvalue weighted by Crippen LogP contribution is -2.30. The Morgan fingerprint density at radius 1 is 1.21 bits per heavy atom. The Morgan fingerprint density at radius 3 is 2.79 bits per heavy atom. The molecule has 106 valence electrons. The van der Waals surface area contributed by atoms with Crippen LogP contribution in [0.4, 0.5) is 0 Å². The Kier molecular flexibility index (Phi) is 3.53. The highest BCUT2D eigenvalue weighted by atomic mass is 35.5. The van der Waals surface area contributed by atoms with Gasteiger partial charge in [-0.25, -0.2) is 0 Å². The van der Waals surface area contributed by atoms with Crippen LogP contribution in [0.25, 0.3) is 0 Å². The number of likely N-dealkylation sites (tertiary alicyclic amines) is 1. The van der Waals surface area contributed by atoms with E-state index in [0.717, 1.165) is 37.3 Å². The van der Waals surface area contributed by atoms with Crippen molar-refractivity contribution in [3.8, 4) is 0 Å². The number of hydrogen-bond acceptors (Lipinski definition) is 5. The fourth-order valence-corrected chi connectivity index (χ4v) is 3.56. The molecule has 6 heteroatoms. The highest BCUT2D eigenvalue weighted by molar-refractivity contribution is 5.85. The van der Waals surface area contributed by atoms with Crippen LogP contribution in [0.1, 0.15) is 43.3 Å². The molecule has 3 aliphatic rings. The zero-order chi connectivity index (χ0) is 12.1. The van der Waals surface area contributed by atoms with Crippen molar-refractivity contribution in [1.29, 1.82) is 0 Å². The van der Waals surface area contributed by atoms with E-state index in [1.165, 1.54) is 25.7 Å². The lowest BCUT2D eigenvalue weighted by molar-refractivity contribution is 0.249. The molecule has 3 atom stereocenters. The predicted molar refractivity (Wildman–Crippen MR) is 73.0 cm³/mol. The van der Waals surface area contributed by atoms with Crippen molar-refractivity contribution < 1.29 is 4.52 Å². The van der Waals surface area contributed by atoms with E-state index >= 15 is 0 Å². The van der Waals surface area contributed by atoms with E-state index in [2.05, 4.69) is 15.0 Å². The van der Waals surface area contributed by atoms with Crippen LogP contribution >= 0.6 is 12.4 Å². The number of halogens is 1. The van der Waals surface area contributed by atoms with Gasteiger partial charge in [0.05, 0.1) is 6.54 Å². The third-order valence-corrected chi connectivity index (χ3v) is 4.77. The molecular formula is C13H21ClN4O. The summed E-state index contributed by atoms with van der Waals surface area (Å²) in [5.41, 5.74) is 6.15. The third kappa shape index (κ3) is 2.51. The van der Waals surface area contributed by atoms with Crippen LogP contribution in [0.2, 0.25) is 0 Å². The maximum absolute atomic E-state index is 6.15. The highest BCUT2D eigenvalue weighted by Crippen LogP contribution is 2.39. The van der Waals surface area contributed by atoms with Gasteiger partial charge in [-0.05, 0) is 37.5 Å². The number of hydrogen-bond donors (Lipinski definition) is 1. The van der Waals surface area contributed by atoms with Gasteiger partial charge in [0, 0.05) is 25.0 Å². The fourth-order valence-electron chi connectivity index (χ4n) is 3.56. The van der Waals surface area contributed by atoms with Gasteiger partial charge in [-0.2, -0.15) is 4.98 Å². The van der Waals surface area contributed by atoms with Gasteiger partial charge in [-0.15, -0.1) is 12.4 Å². The van der Waals surface area contributed by atoms with Crippen molar-refractivity contribution >= 4 is 12.4 Å². The van der Waals surface area contributed by atoms with E-state index in [1.807, 2.05) is 0 Å². The third-order valence-electron chi connectivity index (χ3n) is 4.77. The molecule has 2 heterocycles. The average molecular weight is 285 g/mol. The van der Waals surface area contributed by atoms with Gasteiger partial charge in [0.15, 0.2) is 5.82 Å². The van der Waals surface area contributed by atoms with E-state index in [-0.39, 0.29) is 12.4 Å². The zero-order valence-electron chi connectivity index (χ0n) is 11.0. The molecule has 3 unspecified atom stereocenters.